The number of sulfonamides is 1. The molecule has 0 saturated carbocycles. The highest BCUT2D eigenvalue weighted by atomic mass is 35.5. The Morgan fingerprint density at radius 2 is 1.82 bits per heavy atom. The molecule has 0 radical (unpaired) electrons. The quantitative estimate of drug-likeness (QED) is 0.836. The van der Waals surface area contributed by atoms with Crippen LogP contribution in [0, 0.1) is 0 Å². The van der Waals surface area contributed by atoms with E-state index in [0.717, 1.165) is 5.56 Å². The molecule has 1 aromatic carbocycles. The molecule has 1 amide bonds. The number of nitrogens with zero attached hydrogens (tertiary/aromatic N) is 1. The molecule has 1 aliphatic heterocycles. The lowest BCUT2D eigenvalue weighted by atomic mass is 10.0. The lowest BCUT2D eigenvalue weighted by molar-refractivity contribution is -0.123. The number of benzene rings is 1. The molecule has 1 heterocycles. The zero-order valence-corrected chi connectivity index (χ0v) is 14.1. The molecule has 1 saturated heterocycles. The molecule has 22 heavy (non-hydrogen) atoms. The van der Waals surface area contributed by atoms with Crippen LogP contribution in [-0.2, 0) is 14.8 Å². The molecule has 6 nitrogen and oxygen atoms in total. The fraction of sp³-hybridized carbons (Fsp3) is 0.500. The summed E-state index contributed by atoms with van der Waals surface area (Å²) in [6.45, 7) is 0.870. The summed E-state index contributed by atoms with van der Waals surface area (Å²) in [5.74, 6) is -0.223. The molecule has 1 unspecified atom stereocenters. The highest BCUT2D eigenvalue weighted by Crippen LogP contribution is 2.15. The molecule has 0 spiro atoms. The Hall–Kier alpha value is -1.15. The summed E-state index contributed by atoms with van der Waals surface area (Å²) in [6, 6.07) is 8.46. The largest absolute Gasteiger partial charge is 0.352 e. The zero-order valence-electron chi connectivity index (χ0n) is 12.4. The Labute approximate surface area is 137 Å². The fourth-order valence-corrected chi connectivity index (χ4v) is 3.31. The van der Waals surface area contributed by atoms with Crippen LogP contribution in [0.5, 0.6) is 0 Å². The maximum absolute atomic E-state index is 12.1. The monoisotopic (exact) mass is 347 g/mol. The van der Waals surface area contributed by atoms with Crippen molar-refractivity contribution in [3.63, 3.8) is 0 Å². The zero-order chi connectivity index (χ0) is 15.5. The molecule has 8 heteroatoms. The first-order valence-electron chi connectivity index (χ1n) is 6.94. The average molecular weight is 348 g/mol. The lowest BCUT2D eigenvalue weighted by Gasteiger charge is -2.31. The second-order valence-electron chi connectivity index (χ2n) is 5.33. The van der Waals surface area contributed by atoms with Crippen LogP contribution in [0.3, 0.4) is 0 Å². The van der Waals surface area contributed by atoms with Crippen LogP contribution in [0.25, 0.3) is 0 Å². The number of hydrogen-bond acceptors (Lipinski definition) is 4. The maximum Gasteiger partial charge on any atom is 0.241 e. The fourth-order valence-electron chi connectivity index (χ4n) is 2.43. The highest BCUT2D eigenvalue weighted by Gasteiger charge is 2.27. The summed E-state index contributed by atoms with van der Waals surface area (Å²) in [6.07, 6.45) is 2.43. The van der Waals surface area contributed by atoms with Crippen molar-refractivity contribution >= 4 is 28.3 Å². The minimum Gasteiger partial charge on any atom is -0.352 e. The third-order valence-corrected chi connectivity index (χ3v) is 5.01. The topological polar surface area (TPSA) is 92.5 Å². The summed E-state index contributed by atoms with van der Waals surface area (Å²) in [4.78, 5) is 12.1. The van der Waals surface area contributed by atoms with Gasteiger partial charge in [0.05, 0.1) is 6.26 Å². The van der Waals surface area contributed by atoms with Gasteiger partial charge in [0.2, 0.25) is 15.9 Å². The van der Waals surface area contributed by atoms with Gasteiger partial charge in [0.25, 0.3) is 0 Å². The van der Waals surface area contributed by atoms with Crippen LogP contribution in [-0.4, -0.2) is 44.0 Å². The summed E-state index contributed by atoms with van der Waals surface area (Å²) >= 11 is 0. The Bertz CT molecular complexity index is 587. The van der Waals surface area contributed by atoms with E-state index >= 15 is 0 Å². The second-order valence-corrected chi connectivity index (χ2v) is 7.32. The molecule has 1 aromatic rings. The molecule has 2 rings (SSSR count). The summed E-state index contributed by atoms with van der Waals surface area (Å²) < 4.78 is 24.3. The minimum absolute atomic E-state index is 0. The van der Waals surface area contributed by atoms with E-state index in [1.165, 1.54) is 10.6 Å². The highest BCUT2D eigenvalue weighted by molar-refractivity contribution is 7.88. The van der Waals surface area contributed by atoms with Crippen molar-refractivity contribution in [3.05, 3.63) is 35.9 Å². The molecule has 0 aromatic heterocycles. The average Bonchev–Trinajstić information content (AvgIpc) is 2.47. The van der Waals surface area contributed by atoms with E-state index < -0.39 is 16.1 Å². The third-order valence-electron chi connectivity index (χ3n) is 3.71. The SMILES string of the molecule is CS(=O)(=O)N1CCC(NC(=O)C(N)c2ccccc2)CC1.Cl. The first kappa shape index (κ1) is 18.9. The van der Waals surface area contributed by atoms with Crippen LogP contribution in [0.4, 0.5) is 0 Å². The van der Waals surface area contributed by atoms with Crippen LogP contribution in [0.2, 0.25) is 0 Å². The van der Waals surface area contributed by atoms with Crippen LogP contribution in [0.1, 0.15) is 24.4 Å². The molecule has 1 aliphatic rings. The van der Waals surface area contributed by atoms with E-state index in [4.69, 9.17) is 5.73 Å². The summed E-state index contributed by atoms with van der Waals surface area (Å²) in [7, 11) is -3.14. The van der Waals surface area contributed by atoms with Gasteiger partial charge in [-0.3, -0.25) is 4.79 Å². The summed E-state index contributed by atoms with van der Waals surface area (Å²) in [5, 5.41) is 2.90. The van der Waals surface area contributed by atoms with Crippen molar-refractivity contribution in [3.8, 4) is 0 Å². The van der Waals surface area contributed by atoms with Gasteiger partial charge in [-0.1, -0.05) is 30.3 Å². The van der Waals surface area contributed by atoms with Crippen molar-refractivity contribution in [2.45, 2.75) is 24.9 Å². The molecule has 1 fully saturated rings. The number of carbonyl (C=O) groups excluding carboxylic acids is 1. The standard InChI is InChI=1S/C14H21N3O3S.ClH/c1-21(19,20)17-9-7-12(8-10-17)16-14(18)13(15)11-5-3-2-4-6-11;/h2-6,12-13H,7-10,15H2,1H3,(H,16,18);1H. The molecule has 124 valence electrons. The van der Waals surface area contributed by atoms with Crippen LogP contribution in [0.15, 0.2) is 30.3 Å². The molecule has 1 atom stereocenters. The Morgan fingerprint density at radius 1 is 1.27 bits per heavy atom. The number of nitrogens with one attached hydrogen (secondary N) is 1. The Kier molecular flexibility index (Phi) is 6.80. The van der Waals surface area contributed by atoms with Gasteiger partial charge in [-0.25, -0.2) is 12.7 Å². The lowest BCUT2D eigenvalue weighted by Crippen LogP contribution is -2.48. The van der Waals surface area contributed by atoms with Gasteiger partial charge in [-0.2, -0.15) is 0 Å². The number of piperidine rings is 1. The third kappa shape index (κ3) is 4.95. The van der Waals surface area contributed by atoms with Crippen molar-refractivity contribution in [2.24, 2.45) is 5.73 Å². The number of nitrogens with two attached hydrogens (primary N) is 1. The van der Waals surface area contributed by atoms with E-state index in [9.17, 15) is 13.2 Å². The Balaban J connectivity index is 0.00000242. The number of rotatable bonds is 4. The van der Waals surface area contributed by atoms with E-state index in [2.05, 4.69) is 5.32 Å². The van der Waals surface area contributed by atoms with E-state index in [1.54, 1.807) is 0 Å². The molecule has 3 N–H and O–H groups in total. The van der Waals surface area contributed by atoms with Gasteiger partial charge in [-0.05, 0) is 18.4 Å². The predicted octanol–water partition coefficient (Wildman–Crippen LogP) is 0.648. The number of halogens is 1. The second kappa shape index (κ2) is 7.92. The van der Waals surface area contributed by atoms with Crippen molar-refractivity contribution in [1.29, 1.82) is 0 Å². The summed E-state index contributed by atoms with van der Waals surface area (Å²) in [5.41, 5.74) is 6.70. The van der Waals surface area contributed by atoms with Gasteiger partial charge < -0.3 is 11.1 Å². The maximum atomic E-state index is 12.1. The van der Waals surface area contributed by atoms with E-state index in [0.29, 0.717) is 25.9 Å². The van der Waals surface area contributed by atoms with E-state index in [1.807, 2.05) is 30.3 Å². The Morgan fingerprint density at radius 3 is 2.32 bits per heavy atom. The predicted molar refractivity (Wildman–Crippen MR) is 88.2 cm³/mol. The minimum atomic E-state index is -3.14. The van der Waals surface area contributed by atoms with Gasteiger partial charge >= 0.3 is 0 Å². The first-order valence-corrected chi connectivity index (χ1v) is 8.79. The number of hydrogen-bond donors (Lipinski definition) is 2. The normalized spacial score (nSPS) is 18.3. The van der Waals surface area contributed by atoms with Gasteiger partial charge in [-0.15, -0.1) is 12.4 Å². The van der Waals surface area contributed by atoms with Crippen molar-refractivity contribution in [2.75, 3.05) is 19.3 Å². The van der Waals surface area contributed by atoms with Crippen molar-refractivity contribution < 1.29 is 13.2 Å². The molecular weight excluding hydrogens is 326 g/mol. The van der Waals surface area contributed by atoms with E-state index in [-0.39, 0.29) is 24.4 Å². The van der Waals surface area contributed by atoms with Crippen molar-refractivity contribution in [1.82, 2.24) is 9.62 Å². The molecule has 0 bridgehead atoms. The van der Waals surface area contributed by atoms with Gasteiger partial charge in [0.15, 0.2) is 0 Å². The van der Waals surface area contributed by atoms with Gasteiger partial charge in [0.1, 0.15) is 6.04 Å². The molecule has 0 aliphatic carbocycles. The number of amides is 1. The number of carbonyl (C=O) groups is 1. The van der Waals surface area contributed by atoms with Gasteiger partial charge in [0, 0.05) is 19.1 Å². The first-order chi connectivity index (χ1) is 9.88. The van der Waals surface area contributed by atoms with Crippen LogP contribution < -0.4 is 11.1 Å². The van der Waals surface area contributed by atoms with Crippen LogP contribution >= 0.6 is 12.4 Å². The molecular formula is C14H22ClN3O3S. The smallest absolute Gasteiger partial charge is 0.241 e.